The SMILES string of the molecule is COCCOCC1CCCCCCCCC1. The fourth-order valence-corrected chi connectivity index (χ4v) is 2.45. The van der Waals surface area contributed by atoms with Gasteiger partial charge in [-0.25, -0.2) is 0 Å². The quantitative estimate of drug-likeness (QED) is 0.667. The molecule has 1 aliphatic carbocycles. The molecule has 0 aromatic carbocycles. The smallest absolute Gasteiger partial charge is 0.0700 e. The number of methoxy groups -OCH3 is 1. The highest BCUT2D eigenvalue weighted by atomic mass is 16.5. The Hall–Kier alpha value is -0.0800. The van der Waals surface area contributed by atoms with Crippen molar-refractivity contribution in [1.82, 2.24) is 0 Å². The molecule has 1 aliphatic rings. The summed E-state index contributed by atoms with van der Waals surface area (Å²) in [5.41, 5.74) is 0. The average molecular weight is 228 g/mol. The summed E-state index contributed by atoms with van der Waals surface area (Å²) in [6.07, 6.45) is 12.7. The number of rotatable bonds is 5. The van der Waals surface area contributed by atoms with E-state index in [-0.39, 0.29) is 0 Å². The van der Waals surface area contributed by atoms with Gasteiger partial charge in [0.25, 0.3) is 0 Å². The van der Waals surface area contributed by atoms with E-state index in [1.54, 1.807) is 7.11 Å². The van der Waals surface area contributed by atoms with Crippen LogP contribution in [-0.2, 0) is 9.47 Å². The second-order valence-corrected chi connectivity index (χ2v) is 4.99. The molecule has 0 unspecified atom stereocenters. The zero-order chi connectivity index (χ0) is 11.5. The minimum Gasteiger partial charge on any atom is -0.382 e. The van der Waals surface area contributed by atoms with Crippen LogP contribution in [0.15, 0.2) is 0 Å². The van der Waals surface area contributed by atoms with Crippen LogP contribution in [0.3, 0.4) is 0 Å². The molecule has 0 aliphatic heterocycles. The Labute approximate surface area is 101 Å². The highest BCUT2D eigenvalue weighted by Gasteiger charge is 2.10. The van der Waals surface area contributed by atoms with Crippen molar-refractivity contribution in [3.8, 4) is 0 Å². The summed E-state index contributed by atoms with van der Waals surface area (Å²) in [6, 6.07) is 0. The fraction of sp³-hybridized carbons (Fsp3) is 1.00. The Kier molecular flexibility index (Phi) is 8.83. The largest absolute Gasteiger partial charge is 0.382 e. The molecule has 0 radical (unpaired) electrons. The molecule has 1 fully saturated rings. The van der Waals surface area contributed by atoms with Crippen molar-refractivity contribution in [2.75, 3.05) is 26.9 Å². The van der Waals surface area contributed by atoms with Crippen molar-refractivity contribution in [2.45, 2.75) is 57.8 Å². The summed E-state index contributed by atoms with van der Waals surface area (Å²) < 4.78 is 10.6. The average Bonchev–Trinajstić information content (AvgIpc) is 2.32. The first kappa shape index (κ1) is 14.0. The minimum atomic E-state index is 0.729. The highest BCUT2D eigenvalue weighted by Crippen LogP contribution is 2.21. The standard InChI is InChI=1S/C14H28O2/c1-15-11-12-16-13-14-9-7-5-3-2-4-6-8-10-14/h14H,2-13H2,1H3. The molecule has 0 atom stereocenters. The number of ether oxygens (including phenoxy) is 2. The lowest BCUT2D eigenvalue weighted by atomic mass is 9.93. The molecular formula is C14H28O2. The van der Waals surface area contributed by atoms with Crippen molar-refractivity contribution in [1.29, 1.82) is 0 Å². The molecule has 0 spiro atoms. The monoisotopic (exact) mass is 228 g/mol. The lowest BCUT2D eigenvalue weighted by molar-refractivity contribution is 0.0466. The van der Waals surface area contributed by atoms with Gasteiger partial charge < -0.3 is 9.47 Å². The normalized spacial score (nSPS) is 20.8. The minimum absolute atomic E-state index is 0.729. The second-order valence-electron chi connectivity index (χ2n) is 4.99. The van der Waals surface area contributed by atoms with Crippen LogP contribution in [0, 0.1) is 5.92 Å². The maximum Gasteiger partial charge on any atom is 0.0700 e. The van der Waals surface area contributed by atoms with Gasteiger partial charge >= 0.3 is 0 Å². The molecule has 2 nitrogen and oxygen atoms in total. The summed E-state index contributed by atoms with van der Waals surface area (Å²) in [5, 5.41) is 0. The molecule has 16 heavy (non-hydrogen) atoms. The fourth-order valence-electron chi connectivity index (χ4n) is 2.45. The molecule has 0 saturated heterocycles. The zero-order valence-electron chi connectivity index (χ0n) is 10.9. The summed E-state index contributed by atoms with van der Waals surface area (Å²) in [6.45, 7) is 2.43. The topological polar surface area (TPSA) is 18.5 Å². The van der Waals surface area contributed by atoms with Crippen molar-refractivity contribution >= 4 is 0 Å². The van der Waals surface area contributed by atoms with Crippen molar-refractivity contribution in [3.63, 3.8) is 0 Å². The molecular weight excluding hydrogens is 200 g/mol. The summed E-state index contributed by atoms with van der Waals surface area (Å²) in [4.78, 5) is 0. The van der Waals surface area contributed by atoms with Crippen LogP contribution in [0.5, 0.6) is 0 Å². The molecule has 0 bridgehead atoms. The molecule has 0 heterocycles. The molecule has 1 saturated carbocycles. The molecule has 96 valence electrons. The Balaban J connectivity index is 2.09. The predicted molar refractivity (Wildman–Crippen MR) is 67.7 cm³/mol. The summed E-state index contributed by atoms with van der Waals surface area (Å²) >= 11 is 0. The van der Waals surface area contributed by atoms with Gasteiger partial charge in [-0.3, -0.25) is 0 Å². The van der Waals surface area contributed by atoms with Crippen molar-refractivity contribution in [3.05, 3.63) is 0 Å². The first-order valence-electron chi connectivity index (χ1n) is 7.00. The van der Waals surface area contributed by atoms with Crippen LogP contribution in [-0.4, -0.2) is 26.9 Å². The molecule has 0 N–H and O–H groups in total. The highest BCUT2D eigenvalue weighted by molar-refractivity contribution is 4.62. The van der Waals surface area contributed by atoms with E-state index in [4.69, 9.17) is 9.47 Å². The van der Waals surface area contributed by atoms with Gasteiger partial charge in [0, 0.05) is 13.7 Å². The molecule has 0 amide bonds. The van der Waals surface area contributed by atoms with Gasteiger partial charge in [0.2, 0.25) is 0 Å². The molecule has 0 aromatic heterocycles. The van der Waals surface area contributed by atoms with E-state index in [1.807, 2.05) is 0 Å². The Morgan fingerprint density at radius 1 is 0.812 bits per heavy atom. The van der Waals surface area contributed by atoms with Gasteiger partial charge in [-0.2, -0.15) is 0 Å². The van der Waals surface area contributed by atoms with E-state index in [2.05, 4.69) is 0 Å². The van der Waals surface area contributed by atoms with Crippen LogP contribution in [0.25, 0.3) is 0 Å². The van der Waals surface area contributed by atoms with E-state index in [0.29, 0.717) is 0 Å². The zero-order valence-corrected chi connectivity index (χ0v) is 10.9. The van der Waals surface area contributed by atoms with Crippen LogP contribution < -0.4 is 0 Å². The molecule has 0 aromatic rings. The predicted octanol–water partition coefficient (Wildman–Crippen LogP) is 3.79. The third-order valence-corrected chi connectivity index (χ3v) is 3.51. The van der Waals surface area contributed by atoms with Gasteiger partial charge in [0.05, 0.1) is 13.2 Å². The van der Waals surface area contributed by atoms with Gasteiger partial charge in [-0.05, 0) is 18.8 Å². The van der Waals surface area contributed by atoms with E-state index >= 15 is 0 Å². The lowest BCUT2D eigenvalue weighted by Gasteiger charge is -2.18. The van der Waals surface area contributed by atoms with E-state index in [9.17, 15) is 0 Å². The van der Waals surface area contributed by atoms with Gasteiger partial charge in [0.15, 0.2) is 0 Å². The maximum atomic E-state index is 5.66. The van der Waals surface area contributed by atoms with Crippen molar-refractivity contribution in [2.24, 2.45) is 5.92 Å². The van der Waals surface area contributed by atoms with Crippen LogP contribution in [0.1, 0.15) is 57.8 Å². The maximum absolute atomic E-state index is 5.66. The van der Waals surface area contributed by atoms with E-state index in [1.165, 1.54) is 57.8 Å². The van der Waals surface area contributed by atoms with E-state index < -0.39 is 0 Å². The molecule has 1 rings (SSSR count). The van der Waals surface area contributed by atoms with Crippen LogP contribution in [0.4, 0.5) is 0 Å². The molecule has 2 heteroatoms. The van der Waals surface area contributed by atoms with Gasteiger partial charge in [-0.1, -0.05) is 44.9 Å². The lowest BCUT2D eigenvalue weighted by Crippen LogP contribution is -2.13. The number of hydrogen-bond acceptors (Lipinski definition) is 2. The van der Waals surface area contributed by atoms with Crippen LogP contribution in [0.2, 0.25) is 0 Å². The van der Waals surface area contributed by atoms with E-state index in [0.717, 1.165) is 25.7 Å². The summed E-state index contributed by atoms with van der Waals surface area (Å²) in [5.74, 6) is 0.801. The Bertz CT molecular complexity index is 138. The van der Waals surface area contributed by atoms with Crippen LogP contribution >= 0.6 is 0 Å². The first-order chi connectivity index (χ1) is 7.93. The van der Waals surface area contributed by atoms with Gasteiger partial charge in [-0.15, -0.1) is 0 Å². The summed E-state index contributed by atoms with van der Waals surface area (Å²) in [7, 11) is 1.73. The Morgan fingerprint density at radius 2 is 1.38 bits per heavy atom. The van der Waals surface area contributed by atoms with Crippen molar-refractivity contribution < 1.29 is 9.47 Å². The third kappa shape index (κ3) is 7.24. The third-order valence-electron chi connectivity index (χ3n) is 3.51. The van der Waals surface area contributed by atoms with Gasteiger partial charge in [0.1, 0.15) is 0 Å². The number of hydrogen-bond donors (Lipinski definition) is 0. The first-order valence-corrected chi connectivity index (χ1v) is 7.00. The Morgan fingerprint density at radius 3 is 1.94 bits per heavy atom. The second kappa shape index (κ2) is 10.1.